The van der Waals surface area contributed by atoms with Crippen LogP contribution in [0.25, 0.3) is 0 Å². The van der Waals surface area contributed by atoms with E-state index in [0.29, 0.717) is 0 Å². The van der Waals surface area contributed by atoms with E-state index in [1.54, 1.807) is 29.4 Å². The van der Waals surface area contributed by atoms with Crippen LogP contribution in [0.3, 0.4) is 0 Å². The second kappa shape index (κ2) is 3.53. The van der Waals surface area contributed by atoms with Crippen molar-refractivity contribution in [1.29, 1.82) is 0 Å². The Morgan fingerprint density at radius 2 is 2.09 bits per heavy atom. The van der Waals surface area contributed by atoms with Crippen LogP contribution in [0.1, 0.15) is 5.69 Å². The summed E-state index contributed by atoms with van der Waals surface area (Å²) < 4.78 is 3.16. The third-order valence-electron chi connectivity index (χ3n) is 1.66. The summed E-state index contributed by atoms with van der Waals surface area (Å²) in [5.41, 5.74) is 0.989. The Morgan fingerprint density at radius 3 is 2.55 bits per heavy atom. The van der Waals surface area contributed by atoms with Gasteiger partial charge in [-0.1, -0.05) is 0 Å². The normalized spacial score (nSPS) is 9.00. The quantitative estimate of drug-likeness (QED) is 0.376. The molecule has 1 heterocycles. The highest BCUT2D eigenvalue weighted by atomic mass is 35.5. The van der Waals surface area contributed by atoms with Crippen molar-refractivity contribution in [2.75, 3.05) is 0 Å². The Bertz CT molecular complexity index is 306. The van der Waals surface area contributed by atoms with E-state index < -0.39 is 0 Å². The number of hydrogen-bond donors (Lipinski definition) is 0. The molecule has 0 saturated heterocycles. The second-order valence-electron chi connectivity index (χ2n) is 2.41. The zero-order valence-electron chi connectivity index (χ0n) is 6.84. The van der Waals surface area contributed by atoms with Gasteiger partial charge in [0.05, 0.1) is 20.3 Å². The maximum absolute atomic E-state index is 11.1. The maximum atomic E-state index is 11.1. The summed E-state index contributed by atoms with van der Waals surface area (Å²) in [5.74, 6) is 0. The number of halogens is 1. The van der Waals surface area contributed by atoms with Crippen molar-refractivity contribution in [2.45, 2.75) is 6.92 Å². The van der Waals surface area contributed by atoms with Gasteiger partial charge in [-0.05, 0) is 6.92 Å². The van der Waals surface area contributed by atoms with Crippen LogP contribution in [0.15, 0.2) is 17.1 Å². The zero-order chi connectivity index (χ0) is 7.72. The van der Waals surface area contributed by atoms with Gasteiger partial charge in [0.1, 0.15) is 5.69 Å². The highest BCUT2D eigenvalue weighted by molar-refractivity contribution is 4.87. The molecule has 0 amide bonds. The van der Waals surface area contributed by atoms with Gasteiger partial charge in [-0.25, -0.2) is 4.57 Å². The summed E-state index contributed by atoms with van der Waals surface area (Å²) in [6, 6.07) is 1.90. The summed E-state index contributed by atoms with van der Waals surface area (Å²) in [7, 11) is 3.50. The molecule has 3 nitrogen and oxygen atoms in total. The lowest BCUT2D eigenvalue weighted by Gasteiger charge is -1.94. The maximum Gasteiger partial charge on any atom is 0.497 e. The average molecular weight is 175 g/mol. The molecule has 0 aliphatic rings. The third-order valence-corrected chi connectivity index (χ3v) is 1.66. The molecule has 0 aromatic carbocycles. The van der Waals surface area contributed by atoms with Crippen molar-refractivity contribution >= 4 is 0 Å². The van der Waals surface area contributed by atoms with Gasteiger partial charge in [0.25, 0.3) is 0 Å². The van der Waals surface area contributed by atoms with Gasteiger partial charge in [-0.2, -0.15) is 9.36 Å². The van der Waals surface area contributed by atoms with Crippen LogP contribution in [0.5, 0.6) is 0 Å². The Hall–Kier alpha value is -0.830. The first-order chi connectivity index (χ1) is 4.63. The lowest BCUT2D eigenvalue weighted by Crippen LogP contribution is -3.00. The molecule has 0 N–H and O–H groups in total. The summed E-state index contributed by atoms with van der Waals surface area (Å²) in [5, 5.41) is 0. The topological polar surface area (TPSA) is 25.9 Å². The minimum atomic E-state index is 0. The van der Waals surface area contributed by atoms with Crippen molar-refractivity contribution in [1.82, 2.24) is 4.57 Å². The highest BCUT2D eigenvalue weighted by Crippen LogP contribution is 1.79. The van der Waals surface area contributed by atoms with Crippen molar-refractivity contribution in [2.24, 2.45) is 14.1 Å². The van der Waals surface area contributed by atoms with Crippen molar-refractivity contribution in [3.8, 4) is 0 Å². The van der Waals surface area contributed by atoms with E-state index in [1.807, 2.05) is 13.0 Å². The van der Waals surface area contributed by atoms with Crippen LogP contribution < -0.4 is 22.7 Å². The first-order valence-corrected chi connectivity index (χ1v) is 3.15. The Labute approximate surface area is 71.7 Å². The zero-order valence-corrected chi connectivity index (χ0v) is 7.59. The molecule has 1 aromatic rings. The van der Waals surface area contributed by atoms with Crippen LogP contribution in [0.2, 0.25) is 0 Å². The van der Waals surface area contributed by atoms with Crippen LogP contribution in [-0.4, -0.2) is 4.57 Å². The van der Waals surface area contributed by atoms with Crippen molar-refractivity contribution in [3.05, 3.63) is 28.4 Å². The molecule has 62 valence electrons. The van der Waals surface area contributed by atoms with Crippen LogP contribution in [-0.2, 0) is 14.1 Å². The van der Waals surface area contributed by atoms with Gasteiger partial charge < -0.3 is 12.4 Å². The van der Waals surface area contributed by atoms with E-state index in [4.69, 9.17) is 0 Å². The van der Waals surface area contributed by atoms with Gasteiger partial charge in [-0.3, -0.25) is 0 Å². The smallest absolute Gasteiger partial charge is 0.497 e. The van der Waals surface area contributed by atoms with E-state index in [-0.39, 0.29) is 18.1 Å². The largest absolute Gasteiger partial charge is 1.00 e. The van der Waals surface area contributed by atoms with E-state index in [1.165, 1.54) is 0 Å². The number of rotatable bonds is 0. The number of nitrogens with zero attached hydrogens (tertiary/aromatic N) is 2. The molecule has 0 saturated carbocycles. The molecule has 0 atom stereocenters. The summed E-state index contributed by atoms with van der Waals surface area (Å²) >= 11 is 0. The molecule has 1 rings (SSSR count). The standard InChI is InChI=1S/C7H11N2O.ClH/c1-6-4-5-8(2)7(10)9(6)3;/h4-5H,1-3H3;1H/q+1;/p-1. The van der Waals surface area contributed by atoms with E-state index in [0.717, 1.165) is 5.69 Å². The first kappa shape index (κ1) is 10.2. The summed E-state index contributed by atoms with van der Waals surface area (Å²) in [4.78, 5) is 11.1. The first-order valence-electron chi connectivity index (χ1n) is 3.15. The van der Waals surface area contributed by atoms with E-state index in [9.17, 15) is 4.79 Å². The van der Waals surface area contributed by atoms with Gasteiger partial charge in [0.15, 0.2) is 0 Å². The molecule has 0 radical (unpaired) electrons. The monoisotopic (exact) mass is 174 g/mol. The molecule has 0 aliphatic heterocycles. The molecule has 11 heavy (non-hydrogen) atoms. The highest BCUT2D eigenvalue weighted by Gasteiger charge is 2.03. The fraction of sp³-hybridized carbons (Fsp3) is 0.429. The molecule has 4 heteroatoms. The second-order valence-corrected chi connectivity index (χ2v) is 2.41. The van der Waals surface area contributed by atoms with Crippen LogP contribution in [0.4, 0.5) is 0 Å². The predicted molar refractivity (Wildman–Crippen MR) is 37.6 cm³/mol. The van der Waals surface area contributed by atoms with Gasteiger partial charge >= 0.3 is 5.69 Å². The number of hydrogen-bond acceptors (Lipinski definition) is 1. The molecule has 0 fully saturated rings. The van der Waals surface area contributed by atoms with E-state index in [2.05, 4.69) is 0 Å². The molecule has 0 aliphatic carbocycles. The minimum absolute atomic E-state index is 0. The fourth-order valence-electron chi connectivity index (χ4n) is 0.783. The van der Waals surface area contributed by atoms with Crippen LogP contribution >= 0.6 is 0 Å². The number of aryl methyl sites for hydroxylation is 2. The molecule has 0 bridgehead atoms. The van der Waals surface area contributed by atoms with Crippen molar-refractivity contribution in [3.63, 3.8) is 0 Å². The third kappa shape index (κ3) is 1.80. The molecular formula is C7H11ClN2O. The minimum Gasteiger partial charge on any atom is -1.00 e. The van der Waals surface area contributed by atoms with Gasteiger partial charge in [0, 0.05) is 6.07 Å². The molecule has 0 spiro atoms. The average Bonchev–Trinajstić information content (AvgIpc) is 1.93. The van der Waals surface area contributed by atoms with Gasteiger partial charge in [0.2, 0.25) is 0 Å². The Balaban J connectivity index is 0.000001000. The molecule has 1 aromatic heterocycles. The van der Waals surface area contributed by atoms with Crippen LogP contribution in [0, 0.1) is 6.92 Å². The number of aromatic nitrogens is 2. The SMILES string of the molecule is Cc1ccn(C)c(=O)[n+]1C.[Cl-]. The van der Waals surface area contributed by atoms with Crippen molar-refractivity contribution < 1.29 is 17.0 Å². The lowest BCUT2D eigenvalue weighted by atomic mass is 10.4. The Morgan fingerprint density at radius 1 is 1.55 bits per heavy atom. The Kier molecular flexibility index (Phi) is 3.26. The lowest BCUT2D eigenvalue weighted by molar-refractivity contribution is -0.696. The fourth-order valence-corrected chi connectivity index (χ4v) is 0.783. The summed E-state index contributed by atoms with van der Waals surface area (Å²) in [6.07, 6.45) is 1.76. The summed E-state index contributed by atoms with van der Waals surface area (Å²) in [6.45, 7) is 1.90. The van der Waals surface area contributed by atoms with Gasteiger partial charge in [-0.15, -0.1) is 0 Å². The predicted octanol–water partition coefficient (Wildman–Crippen LogP) is -3.48. The van der Waals surface area contributed by atoms with E-state index >= 15 is 0 Å². The molecular weight excluding hydrogens is 164 g/mol. The molecule has 0 unspecified atom stereocenters.